The van der Waals surface area contributed by atoms with Crippen LogP contribution in [0, 0.1) is 0 Å². The van der Waals surface area contributed by atoms with Crippen molar-refractivity contribution >= 4 is 17.3 Å². The Morgan fingerprint density at radius 3 is 2.86 bits per heavy atom. The molecule has 0 saturated heterocycles. The lowest BCUT2D eigenvalue weighted by Gasteiger charge is -2.04. The molecule has 4 nitrogen and oxygen atoms in total. The third-order valence-electron chi connectivity index (χ3n) is 2.01. The van der Waals surface area contributed by atoms with Crippen molar-refractivity contribution in [3.05, 3.63) is 29.4 Å². The summed E-state index contributed by atoms with van der Waals surface area (Å²) in [5.74, 6) is 0. The number of benzene rings is 1. The first-order valence-corrected chi connectivity index (χ1v) is 4.46. The minimum Gasteiger partial charge on any atom is -0.398 e. The fourth-order valence-corrected chi connectivity index (χ4v) is 1.46. The molecule has 1 aromatic carbocycles. The van der Waals surface area contributed by atoms with Crippen molar-refractivity contribution in [2.24, 2.45) is 7.05 Å². The minimum atomic E-state index is 0.649. The Hall–Kier alpha value is -1.55. The molecule has 0 unspecified atom stereocenters. The van der Waals surface area contributed by atoms with Gasteiger partial charge in [-0.25, -0.2) is 4.68 Å². The van der Waals surface area contributed by atoms with Crippen LogP contribution in [0.3, 0.4) is 0 Å². The van der Waals surface area contributed by atoms with E-state index in [-0.39, 0.29) is 0 Å². The maximum absolute atomic E-state index is 5.88. The number of aryl methyl sites for hydroxylation is 1. The summed E-state index contributed by atoms with van der Waals surface area (Å²) < 4.78 is 1.65. The van der Waals surface area contributed by atoms with Crippen LogP contribution in [0.1, 0.15) is 0 Å². The normalized spacial score (nSPS) is 10.4. The number of nitrogens with two attached hydrogens (primary N) is 1. The van der Waals surface area contributed by atoms with Gasteiger partial charge in [0.2, 0.25) is 0 Å². The SMILES string of the molecule is Cn1nncc1-c1cc(Cl)ccc1N. The largest absolute Gasteiger partial charge is 0.398 e. The number of nitrogens with zero attached hydrogens (tertiary/aromatic N) is 3. The first-order valence-electron chi connectivity index (χ1n) is 4.08. The predicted molar refractivity (Wildman–Crippen MR) is 55.9 cm³/mol. The van der Waals surface area contributed by atoms with E-state index in [1.54, 1.807) is 29.1 Å². The monoisotopic (exact) mass is 208 g/mol. The molecule has 1 aromatic heterocycles. The van der Waals surface area contributed by atoms with Crippen molar-refractivity contribution in [3.63, 3.8) is 0 Å². The molecule has 1 heterocycles. The first-order chi connectivity index (χ1) is 6.68. The lowest BCUT2D eigenvalue weighted by Crippen LogP contribution is -1.97. The maximum atomic E-state index is 5.88. The Labute approximate surface area is 86.3 Å². The number of halogens is 1. The van der Waals surface area contributed by atoms with Crippen LogP contribution in [0.4, 0.5) is 5.69 Å². The third-order valence-corrected chi connectivity index (χ3v) is 2.24. The van der Waals surface area contributed by atoms with Crippen LogP contribution in [-0.2, 0) is 7.05 Å². The first kappa shape index (κ1) is 9.02. The molecular weight excluding hydrogens is 200 g/mol. The highest BCUT2D eigenvalue weighted by Crippen LogP contribution is 2.27. The van der Waals surface area contributed by atoms with Crippen molar-refractivity contribution < 1.29 is 0 Å². The molecule has 0 aliphatic heterocycles. The molecule has 0 saturated carbocycles. The van der Waals surface area contributed by atoms with Crippen LogP contribution < -0.4 is 5.73 Å². The van der Waals surface area contributed by atoms with Crippen molar-refractivity contribution in [3.8, 4) is 11.3 Å². The molecule has 14 heavy (non-hydrogen) atoms. The predicted octanol–water partition coefficient (Wildman–Crippen LogP) is 1.72. The van der Waals surface area contributed by atoms with Gasteiger partial charge in [-0.1, -0.05) is 16.8 Å². The molecule has 0 aliphatic rings. The van der Waals surface area contributed by atoms with Crippen LogP contribution in [0.2, 0.25) is 5.02 Å². The summed E-state index contributed by atoms with van der Waals surface area (Å²) >= 11 is 5.88. The summed E-state index contributed by atoms with van der Waals surface area (Å²) in [6.45, 7) is 0. The summed E-state index contributed by atoms with van der Waals surface area (Å²) in [6, 6.07) is 5.32. The van der Waals surface area contributed by atoms with Gasteiger partial charge in [0.05, 0.1) is 11.9 Å². The second kappa shape index (κ2) is 3.31. The maximum Gasteiger partial charge on any atom is 0.0903 e. The van der Waals surface area contributed by atoms with E-state index < -0.39 is 0 Å². The molecule has 0 fully saturated rings. The third kappa shape index (κ3) is 1.44. The molecule has 0 amide bonds. The molecule has 72 valence electrons. The zero-order valence-electron chi connectivity index (χ0n) is 7.61. The number of anilines is 1. The average Bonchev–Trinajstić information content (AvgIpc) is 2.56. The van der Waals surface area contributed by atoms with Gasteiger partial charge >= 0.3 is 0 Å². The number of nitrogen functional groups attached to an aromatic ring is 1. The van der Waals surface area contributed by atoms with Crippen molar-refractivity contribution in [1.29, 1.82) is 0 Å². The highest BCUT2D eigenvalue weighted by atomic mass is 35.5. The van der Waals surface area contributed by atoms with Gasteiger partial charge in [0, 0.05) is 23.3 Å². The van der Waals surface area contributed by atoms with Crippen molar-refractivity contribution in [2.45, 2.75) is 0 Å². The van der Waals surface area contributed by atoms with Gasteiger partial charge in [-0.15, -0.1) is 5.10 Å². The van der Waals surface area contributed by atoms with Crippen LogP contribution in [-0.4, -0.2) is 15.0 Å². The van der Waals surface area contributed by atoms with Crippen molar-refractivity contribution in [2.75, 3.05) is 5.73 Å². The molecule has 0 spiro atoms. The highest BCUT2D eigenvalue weighted by molar-refractivity contribution is 6.31. The van der Waals surface area contributed by atoms with Gasteiger partial charge in [0.15, 0.2) is 0 Å². The minimum absolute atomic E-state index is 0.649. The molecule has 2 aromatic rings. The number of aromatic nitrogens is 3. The Balaban J connectivity index is 2.62. The molecule has 2 rings (SSSR count). The molecule has 5 heteroatoms. The zero-order chi connectivity index (χ0) is 10.1. The van der Waals surface area contributed by atoms with E-state index in [0.717, 1.165) is 11.3 Å². The number of hydrogen-bond donors (Lipinski definition) is 1. The van der Waals surface area contributed by atoms with Crippen LogP contribution in [0.5, 0.6) is 0 Å². The fraction of sp³-hybridized carbons (Fsp3) is 0.111. The van der Waals surface area contributed by atoms with E-state index in [2.05, 4.69) is 10.3 Å². The lowest BCUT2D eigenvalue weighted by molar-refractivity contribution is 0.721. The second-order valence-electron chi connectivity index (χ2n) is 2.97. The summed E-state index contributed by atoms with van der Waals surface area (Å²) in [7, 11) is 1.81. The second-order valence-corrected chi connectivity index (χ2v) is 3.41. The van der Waals surface area contributed by atoms with E-state index in [9.17, 15) is 0 Å². The van der Waals surface area contributed by atoms with Gasteiger partial charge in [-0.3, -0.25) is 0 Å². The summed E-state index contributed by atoms with van der Waals surface area (Å²) in [5.41, 5.74) is 8.19. The molecule has 0 atom stereocenters. The average molecular weight is 209 g/mol. The number of rotatable bonds is 1. The van der Waals surface area contributed by atoms with Crippen LogP contribution in [0.15, 0.2) is 24.4 Å². The van der Waals surface area contributed by atoms with Gasteiger partial charge in [-0.05, 0) is 18.2 Å². The molecule has 0 radical (unpaired) electrons. The van der Waals surface area contributed by atoms with E-state index in [4.69, 9.17) is 17.3 Å². The van der Waals surface area contributed by atoms with E-state index in [0.29, 0.717) is 10.7 Å². The Bertz CT molecular complexity index is 464. The Morgan fingerprint density at radius 1 is 1.43 bits per heavy atom. The summed E-state index contributed by atoms with van der Waals surface area (Å²) in [6.07, 6.45) is 1.65. The molecule has 0 aliphatic carbocycles. The van der Waals surface area contributed by atoms with Crippen molar-refractivity contribution in [1.82, 2.24) is 15.0 Å². The standard InChI is InChI=1S/C9H9ClN4/c1-14-9(5-12-13-14)7-4-6(10)2-3-8(7)11/h2-5H,11H2,1H3. The van der Waals surface area contributed by atoms with E-state index in [1.807, 2.05) is 7.05 Å². The highest BCUT2D eigenvalue weighted by Gasteiger charge is 2.07. The van der Waals surface area contributed by atoms with Gasteiger partial charge in [-0.2, -0.15) is 0 Å². The fourth-order valence-electron chi connectivity index (χ4n) is 1.28. The topological polar surface area (TPSA) is 56.7 Å². The van der Waals surface area contributed by atoms with Gasteiger partial charge in [0.25, 0.3) is 0 Å². The Kier molecular flexibility index (Phi) is 2.13. The summed E-state index contributed by atoms with van der Waals surface area (Å²) in [4.78, 5) is 0. The van der Waals surface area contributed by atoms with Crippen LogP contribution >= 0.6 is 11.6 Å². The van der Waals surface area contributed by atoms with Gasteiger partial charge < -0.3 is 5.73 Å². The summed E-state index contributed by atoms with van der Waals surface area (Å²) in [5, 5.41) is 8.26. The van der Waals surface area contributed by atoms with E-state index >= 15 is 0 Å². The quantitative estimate of drug-likeness (QED) is 0.726. The van der Waals surface area contributed by atoms with E-state index in [1.165, 1.54) is 0 Å². The smallest absolute Gasteiger partial charge is 0.0903 e. The molecular formula is C9H9ClN4. The lowest BCUT2D eigenvalue weighted by atomic mass is 10.1. The zero-order valence-corrected chi connectivity index (χ0v) is 8.36. The van der Waals surface area contributed by atoms with Gasteiger partial charge in [0.1, 0.15) is 0 Å². The molecule has 0 bridgehead atoms. The molecule has 2 N–H and O–H groups in total. The number of hydrogen-bond acceptors (Lipinski definition) is 3. The van der Waals surface area contributed by atoms with Crippen LogP contribution in [0.25, 0.3) is 11.3 Å². The Morgan fingerprint density at radius 2 is 2.21 bits per heavy atom.